The molecule has 0 spiro atoms. The Kier molecular flexibility index (Phi) is 6.17. The van der Waals surface area contributed by atoms with Gasteiger partial charge in [0.05, 0.1) is 9.79 Å². The number of benzene rings is 2. The lowest BCUT2D eigenvalue weighted by Crippen LogP contribution is -2.34. The van der Waals surface area contributed by atoms with E-state index in [9.17, 15) is 21.6 Å². The average Bonchev–Trinajstić information content (AvgIpc) is 2.57. The molecule has 0 bridgehead atoms. The molecule has 2 rings (SSSR count). The molecule has 1 amide bonds. The van der Waals surface area contributed by atoms with Crippen molar-refractivity contribution >= 4 is 26.0 Å². The van der Waals surface area contributed by atoms with Crippen LogP contribution in [-0.4, -0.2) is 29.3 Å². The Balaban J connectivity index is 1.94. The first-order chi connectivity index (χ1) is 12.1. The molecule has 2 aromatic carbocycles. The van der Waals surface area contributed by atoms with Gasteiger partial charge in [0.2, 0.25) is 15.9 Å². The highest BCUT2D eigenvalue weighted by Crippen LogP contribution is 2.14. The van der Waals surface area contributed by atoms with Crippen molar-refractivity contribution in [1.29, 1.82) is 0 Å². The van der Waals surface area contributed by atoms with Crippen molar-refractivity contribution in [2.75, 3.05) is 6.54 Å². The normalized spacial score (nSPS) is 11.9. The molecule has 0 saturated carbocycles. The van der Waals surface area contributed by atoms with E-state index >= 15 is 0 Å². The van der Waals surface area contributed by atoms with E-state index in [1.165, 1.54) is 36.4 Å². The summed E-state index contributed by atoms with van der Waals surface area (Å²) < 4.78 is 52.7. The second-order valence-electron chi connectivity index (χ2n) is 5.74. The van der Waals surface area contributed by atoms with Gasteiger partial charge in [-0.15, -0.1) is 0 Å². The number of aryl methyl sites for hydroxylation is 2. The van der Waals surface area contributed by atoms with Crippen molar-refractivity contribution < 1.29 is 21.6 Å². The second kappa shape index (κ2) is 7.98. The summed E-state index contributed by atoms with van der Waals surface area (Å²) in [4.78, 5) is 11.9. The Hall–Kier alpha value is -2.23. The Morgan fingerprint density at radius 2 is 1.50 bits per heavy atom. The Bertz CT molecular complexity index is 1000. The SMILES string of the molecule is Cc1ccc(S(=O)(=O)NCCC(=O)NS(=O)(=O)c2ccccc2)cc1C. The molecule has 2 N–H and O–H groups in total. The monoisotopic (exact) mass is 396 g/mol. The molecular formula is C17H20N2O5S2. The van der Waals surface area contributed by atoms with Crippen molar-refractivity contribution in [3.8, 4) is 0 Å². The fraction of sp³-hybridized carbons (Fsp3) is 0.235. The summed E-state index contributed by atoms with van der Waals surface area (Å²) >= 11 is 0. The predicted molar refractivity (Wildman–Crippen MR) is 97.5 cm³/mol. The molecular weight excluding hydrogens is 376 g/mol. The maximum atomic E-state index is 12.2. The van der Waals surface area contributed by atoms with Crippen molar-refractivity contribution in [3.05, 3.63) is 59.7 Å². The van der Waals surface area contributed by atoms with Gasteiger partial charge in [0.15, 0.2) is 0 Å². The highest BCUT2D eigenvalue weighted by molar-refractivity contribution is 7.90. The van der Waals surface area contributed by atoms with Gasteiger partial charge in [-0.2, -0.15) is 0 Å². The van der Waals surface area contributed by atoms with Crippen LogP contribution in [0.15, 0.2) is 58.3 Å². The van der Waals surface area contributed by atoms with Crippen molar-refractivity contribution in [2.45, 2.75) is 30.1 Å². The molecule has 0 fully saturated rings. The summed E-state index contributed by atoms with van der Waals surface area (Å²) in [5.74, 6) is -0.795. The molecule has 0 saturated heterocycles. The van der Waals surface area contributed by atoms with E-state index in [-0.39, 0.29) is 22.8 Å². The van der Waals surface area contributed by atoms with Gasteiger partial charge in [0.25, 0.3) is 10.0 Å². The van der Waals surface area contributed by atoms with Gasteiger partial charge in [-0.25, -0.2) is 26.3 Å². The third-order valence-electron chi connectivity index (χ3n) is 3.73. The van der Waals surface area contributed by atoms with Crippen LogP contribution in [0.4, 0.5) is 0 Å². The summed E-state index contributed by atoms with van der Waals surface area (Å²) in [5.41, 5.74) is 1.80. The van der Waals surface area contributed by atoms with Crippen molar-refractivity contribution in [1.82, 2.24) is 9.44 Å². The zero-order valence-corrected chi connectivity index (χ0v) is 16.0. The molecule has 0 heterocycles. The van der Waals surface area contributed by atoms with Crippen LogP contribution in [0, 0.1) is 13.8 Å². The van der Waals surface area contributed by atoms with Crippen LogP contribution in [0.1, 0.15) is 17.5 Å². The molecule has 2 aromatic rings. The van der Waals surface area contributed by atoms with Crippen LogP contribution in [0.2, 0.25) is 0 Å². The smallest absolute Gasteiger partial charge is 0.264 e. The Morgan fingerprint density at radius 1 is 0.846 bits per heavy atom. The number of amides is 1. The first kappa shape index (κ1) is 20.1. The standard InChI is InChI=1S/C17H20N2O5S2/c1-13-8-9-16(12-14(13)2)25(21,22)18-11-10-17(20)19-26(23,24)15-6-4-3-5-7-15/h3-9,12,18H,10-11H2,1-2H3,(H,19,20). The van der Waals surface area contributed by atoms with Crippen molar-refractivity contribution in [2.24, 2.45) is 0 Å². The average molecular weight is 396 g/mol. The lowest BCUT2D eigenvalue weighted by atomic mass is 10.1. The van der Waals surface area contributed by atoms with E-state index in [2.05, 4.69) is 4.72 Å². The summed E-state index contributed by atoms with van der Waals surface area (Å²) in [6.45, 7) is 3.46. The number of hydrogen-bond donors (Lipinski definition) is 2. The van der Waals surface area contributed by atoms with Crippen LogP contribution in [0.25, 0.3) is 0 Å². The number of nitrogens with one attached hydrogen (secondary N) is 2. The zero-order valence-electron chi connectivity index (χ0n) is 14.4. The molecule has 26 heavy (non-hydrogen) atoms. The van der Waals surface area contributed by atoms with Gasteiger partial charge in [-0.3, -0.25) is 4.79 Å². The summed E-state index contributed by atoms with van der Waals surface area (Å²) in [6.07, 6.45) is -0.309. The number of hydrogen-bond acceptors (Lipinski definition) is 5. The largest absolute Gasteiger partial charge is 0.274 e. The molecule has 0 aliphatic heterocycles. The lowest BCUT2D eigenvalue weighted by molar-refractivity contribution is -0.119. The molecule has 0 unspecified atom stereocenters. The minimum Gasteiger partial charge on any atom is -0.274 e. The maximum Gasteiger partial charge on any atom is 0.264 e. The molecule has 0 atom stereocenters. The van der Waals surface area contributed by atoms with Crippen LogP contribution in [-0.2, 0) is 24.8 Å². The molecule has 0 aromatic heterocycles. The van der Waals surface area contributed by atoms with Gasteiger partial charge in [0, 0.05) is 13.0 Å². The fourth-order valence-electron chi connectivity index (χ4n) is 2.12. The van der Waals surface area contributed by atoms with E-state index in [0.717, 1.165) is 11.1 Å². The summed E-state index contributed by atoms with van der Waals surface area (Å²) in [6, 6.07) is 12.2. The number of rotatable bonds is 7. The van der Waals surface area contributed by atoms with E-state index in [1.807, 2.05) is 11.6 Å². The lowest BCUT2D eigenvalue weighted by Gasteiger charge is -2.09. The molecule has 0 aliphatic carbocycles. The van der Waals surface area contributed by atoms with Crippen LogP contribution < -0.4 is 9.44 Å². The number of sulfonamides is 2. The third kappa shape index (κ3) is 5.13. The van der Waals surface area contributed by atoms with E-state index in [0.29, 0.717) is 0 Å². The molecule has 7 nitrogen and oxygen atoms in total. The molecule has 9 heteroatoms. The molecule has 0 radical (unpaired) electrons. The second-order valence-corrected chi connectivity index (χ2v) is 9.18. The highest BCUT2D eigenvalue weighted by atomic mass is 32.2. The summed E-state index contributed by atoms with van der Waals surface area (Å²) in [7, 11) is -7.74. The molecule has 0 aliphatic rings. The van der Waals surface area contributed by atoms with E-state index < -0.39 is 26.0 Å². The van der Waals surface area contributed by atoms with Gasteiger partial charge >= 0.3 is 0 Å². The van der Waals surface area contributed by atoms with Crippen molar-refractivity contribution in [3.63, 3.8) is 0 Å². The zero-order chi connectivity index (χ0) is 19.4. The minimum atomic E-state index is -3.96. The van der Waals surface area contributed by atoms with Gasteiger partial charge in [-0.1, -0.05) is 24.3 Å². The van der Waals surface area contributed by atoms with Crippen LogP contribution in [0.5, 0.6) is 0 Å². The predicted octanol–water partition coefficient (Wildman–Crippen LogP) is 1.48. The van der Waals surface area contributed by atoms with E-state index in [4.69, 9.17) is 0 Å². The Labute approximate surface area is 153 Å². The van der Waals surface area contributed by atoms with Crippen LogP contribution >= 0.6 is 0 Å². The minimum absolute atomic E-state index is 0.0379. The first-order valence-corrected chi connectivity index (χ1v) is 10.8. The number of carbonyl (C=O) groups excluding carboxylic acids is 1. The third-order valence-corrected chi connectivity index (χ3v) is 6.58. The maximum absolute atomic E-state index is 12.2. The van der Waals surface area contributed by atoms with Crippen LogP contribution in [0.3, 0.4) is 0 Å². The first-order valence-electron chi connectivity index (χ1n) is 7.79. The van der Waals surface area contributed by atoms with Gasteiger partial charge in [0.1, 0.15) is 0 Å². The fourth-order valence-corrected chi connectivity index (χ4v) is 4.27. The van der Waals surface area contributed by atoms with E-state index in [1.54, 1.807) is 19.1 Å². The quantitative estimate of drug-likeness (QED) is 0.737. The van der Waals surface area contributed by atoms with Gasteiger partial charge in [-0.05, 0) is 49.2 Å². The summed E-state index contributed by atoms with van der Waals surface area (Å²) in [5, 5.41) is 0. The molecule has 140 valence electrons. The highest BCUT2D eigenvalue weighted by Gasteiger charge is 2.18. The number of carbonyl (C=O) groups is 1. The Morgan fingerprint density at radius 3 is 2.12 bits per heavy atom. The van der Waals surface area contributed by atoms with Gasteiger partial charge < -0.3 is 0 Å². The topological polar surface area (TPSA) is 109 Å².